The molecule has 2 N–H and O–H groups in total. The number of amides is 1. The summed E-state index contributed by atoms with van der Waals surface area (Å²) in [4.78, 5) is 22.4. The highest BCUT2D eigenvalue weighted by atomic mass is 79.9. The Morgan fingerprint density at radius 2 is 1.72 bits per heavy atom. The lowest BCUT2D eigenvalue weighted by Gasteiger charge is -2.07. The quantitative estimate of drug-likeness (QED) is 0.840. The number of hydrogen-bond acceptors (Lipinski definition) is 2. The van der Waals surface area contributed by atoms with Crippen molar-refractivity contribution >= 4 is 27.8 Å². The number of rotatable bonds is 4. The zero-order valence-corrected chi connectivity index (χ0v) is 11.7. The number of carboxylic acid groups (broad SMARTS) is 1. The van der Waals surface area contributed by atoms with Crippen LogP contribution in [0.15, 0.2) is 39.9 Å². The van der Waals surface area contributed by atoms with E-state index in [0.717, 1.165) is 10.0 Å². The van der Waals surface area contributed by atoms with Crippen LogP contribution in [-0.4, -0.2) is 17.0 Å². The number of carbonyl (C=O) groups excluding carboxylic acids is 1. The van der Waals surface area contributed by atoms with Gasteiger partial charge in [0, 0.05) is 22.2 Å². The van der Waals surface area contributed by atoms with Gasteiger partial charge in [0.2, 0.25) is 5.91 Å². The van der Waals surface area contributed by atoms with Gasteiger partial charge in [0.15, 0.2) is 0 Å². The number of halogens is 1. The molecule has 1 aromatic rings. The van der Waals surface area contributed by atoms with Crippen LogP contribution in [0, 0.1) is 0 Å². The summed E-state index contributed by atoms with van der Waals surface area (Å²) in [5.74, 6) is -1.44. The van der Waals surface area contributed by atoms with Gasteiger partial charge >= 0.3 is 5.97 Å². The summed E-state index contributed by atoms with van der Waals surface area (Å²) < 4.78 is 0.968. The molecule has 0 saturated heterocycles. The summed E-state index contributed by atoms with van der Waals surface area (Å²) in [7, 11) is 0. The maximum Gasteiger partial charge on any atom is 0.331 e. The van der Waals surface area contributed by atoms with Crippen molar-refractivity contribution in [1.29, 1.82) is 0 Å². The molecule has 0 spiro atoms. The highest BCUT2D eigenvalue weighted by molar-refractivity contribution is 9.10. The van der Waals surface area contributed by atoms with Crippen LogP contribution in [0.1, 0.15) is 19.4 Å². The fourth-order valence-electron chi connectivity index (χ4n) is 1.25. The lowest BCUT2D eigenvalue weighted by atomic mass is 10.1. The van der Waals surface area contributed by atoms with E-state index in [-0.39, 0.29) is 17.1 Å². The largest absolute Gasteiger partial charge is 0.478 e. The molecule has 96 valence electrons. The first-order valence-electron chi connectivity index (χ1n) is 5.35. The van der Waals surface area contributed by atoms with Crippen molar-refractivity contribution in [1.82, 2.24) is 5.32 Å². The number of carbonyl (C=O) groups is 2. The zero-order valence-electron chi connectivity index (χ0n) is 10.2. The Morgan fingerprint density at radius 1 is 1.17 bits per heavy atom. The average molecular weight is 312 g/mol. The van der Waals surface area contributed by atoms with E-state index in [1.807, 2.05) is 24.3 Å². The lowest BCUT2D eigenvalue weighted by Crippen LogP contribution is -2.25. The Morgan fingerprint density at radius 3 is 2.22 bits per heavy atom. The smallest absolute Gasteiger partial charge is 0.331 e. The molecule has 0 bridgehead atoms. The first-order valence-corrected chi connectivity index (χ1v) is 6.14. The fourth-order valence-corrected chi connectivity index (χ4v) is 1.51. The number of carboxylic acids is 1. The zero-order chi connectivity index (χ0) is 13.7. The Bertz CT molecular complexity index is 491. The van der Waals surface area contributed by atoms with Crippen LogP contribution in [0.3, 0.4) is 0 Å². The lowest BCUT2D eigenvalue weighted by molar-refractivity contribution is -0.133. The predicted octanol–water partition coefficient (Wildman–Crippen LogP) is 2.49. The van der Waals surface area contributed by atoms with Gasteiger partial charge in [-0.2, -0.15) is 0 Å². The van der Waals surface area contributed by atoms with Gasteiger partial charge < -0.3 is 10.4 Å². The third-order valence-corrected chi connectivity index (χ3v) is 3.12. The highest BCUT2D eigenvalue weighted by Gasteiger charge is 2.11. The molecule has 5 heteroatoms. The van der Waals surface area contributed by atoms with Gasteiger partial charge in [0.25, 0.3) is 0 Å². The Hall–Kier alpha value is -1.62. The van der Waals surface area contributed by atoms with E-state index in [0.29, 0.717) is 6.54 Å². The summed E-state index contributed by atoms with van der Waals surface area (Å²) in [6, 6.07) is 7.53. The van der Waals surface area contributed by atoms with E-state index in [4.69, 9.17) is 5.11 Å². The number of benzene rings is 1. The van der Waals surface area contributed by atoms with Crippen molar-refractivity contribution in [3.05, 3.63) is 45.4 Å². The van der Waals surface area contributed by atoms with Crippen LogP contribution in [0.2, 0.25) is 0 Å². The van der Waals surface area contributed by atoms with Gasteiger partial charge in [-0.15, -0.1) is 0 Å². The van der Waals surface area contributed by atoms with E-state index < -0.39 is 5.97 Å². The Balaban J connectivity index is 2.64. The van der Waals surface area contributed by atoms with E-state index >= 15 is 0 Å². The molecule has 0 heterocycles. The minimum absolute atomic E-state index is 0.0586. The van der Waals surface area contributed by atoms with Gasteiger partial charge in [-0.05, 0) is 31.5 Å². The first kappa shape index (κ1) is 14.4. The van der Waals surface area contributed by atoms with Crippen molar-refractivity contribution in [3.8, 4) is 0 Å². The monoisotopic (exact) mass is 311 g/mol. The van der Waals surface area contributed by atoms with Crippen LogP contribution in [-0.2, 0) is 16.1 Å². The molecular weight excluding hydrogens is 298 g/mol. The molecule has 4 nitrogen and oxygen atoms in total. The predicted molar refractivity (Wildman–Crippen MR) is 72.0 cm³/mol. The SMILES string of the molecule is CC(C(=O)O)=C(C)C(=O)NCc1ccc(Br)cc1. The van der Waals surface area contributed by atoms with Crippen molar-refractivity contribution in [2.24, 2.45) is 0 Å². The molecule has 0 saturated carbocycles. The average Bonchev–Trinajstić information content (AvgIpc) is 2.35. The van der Waals surface area contributed by atoms with E-state index in [9.17, 15) is 9.59 Å². The first-order chi connectivity index (χ1) is 8.41. The van der Waals surface area contributed by atoms with E-state index in [1.54, 1.807) is 0 Å². The third kappa shape index (κ3) is 4.00. The number of nitrogens with one attached hydrogen (secondary N) is 1. The van der Waals surface area contributed by atoms with Crippen molar-refractivity contribution in [2.75, 3.05) is 0 Å². The molecule has 0 atom stereocenters. The molecule has 0 unspecified atom stereocenters. The van der Waals surface area contributed by atoms with Crippen molar-refractivity contribution in [2.45, 2.75) is 20.4 Å². The standard InChI is InChI=1S/C13H14BrNO3/c1-8(9(2)13(17)18)12(16)15-7-10-3-5-11(14)6-4-10/h3-6H,7H2,1-2H3,(H,15,16)(H,17,18). The summed E-state index contributed by atoms with van der Waals surface area (Å²) in [5, 5.41) is 11.5. The summed E-state index contributed by atoms with van der Waals surface area (Å²) in [5.41, 5.74) is 1.23. The number of aliphatic carboxylic acids is 1. The van der Waals surface area contributed by atoms with Gasteiger partial charge in [-0.1, -0.05) is 28.1 Å². The van der Waals surface area contributed by atoms with Crippen LogP contribution < -0.4 is 5.32 Å². The fraction of sp³-hybridized carbons (Fsp3) is 0.231. The molecule has 0 radical (unpaired) electrons. The molecule has 18 heavy (non-hydrogen) atoms. The van der Waals surface area contributed by atoms with E-state index in [1.165, 1.54) is 13.8 Å². The minimum atomic E-state index is -1.08. The second-order valence-corrected chi connectivity index (χ2v) is 4.78. The summed E-state index contributed by atoms with van der Waals surface area (Å²) in [6.45, 7) is 3.29. The molecule has 0 aliphatic carbocycles. The molecule has 0 aliphatic heterocycles. The van der Waals surface area contributed by atoms with Gasteiger partial charge in [0.05, 0.1) is 0 Å². The van der Waals surface area contributed by atoms with E-state index in [2.05, 4.69) is 21.2 Å². The Labute approximate surface area is 114 Å². The number of hydrogen-bond donors (Lipinski definition) is 2. The second-order valence-electron chi connectivity index (χ2n) is 3.86. The maximum absolute atomic E-state index is 11.7. The molecule has 1 rings (SSSR count). The second kappa shape index (κ2) is 6.35. The third-order valence-electron chi connectivity index (χ3n) is 2.59. The van der Waals surface area contributed by atoms with Crippen LogP contribution in [0.25, 0.3) is 0 Å². The Kier molecular flexibility index (Phi) is 5.09. The molecule has 0 aliphatic rings. The molecule has 1 amide bonds. The summed E-state index contributed by atoms with van der Waals surface area (Å²) in [6.07, 6.45) is 0. The van der Waals surface area contributed by atoms with Crippen molar-refractivity contribution in [3.63, 3.8) is 0 Å². The van der Waals surface area contributed by atoms with Crippen molar-refractivity contribution < 1.29 is 14.7 Å². The van der Waals surface area contributed by atoms with Gasteiger partial charge in [-0.3, -0.25) is 4.79 Å². The molecule has 0 aromatic heterocycles. The molecular formula is C13H14BrNO3. The van der Waals surface area contributed by atoms with Gasteiger partial charge in [-0.25, -0.2) is 4.79 Å². The van der Waals surface area contributed by atoms with Gasteiger partial charge in [0.1, 0.15) is 0 Å². The molecule has 1 aromatic carbocycles. The van der Waals surface area contributed by atoms with Crippen LogP contribution in [0.4, 0.5) is 0 Å². The summed E-state index contributed by atoms with van der Waals surface area (Å²) >= 11 is 3.32. The molecule has 0 fully saturated rings. The highest BCUT2D eigenvalue weighted by Crippen LogP contribution is 2.10. The topological polar surface area (TPSA) is 66.4 Å². The maximum atomic E-state index is 11.7. The van der Waals surface area contributed by atoms with Crippen LogP contribution >= 0.6 is 15.9 Å². The van der Waals surface area contributed by atoms with Crippen LogP contribution in [0.5, 0.6) is 0 Å². The minimum Gasteiger partial charge on any atom is -0.478 e. The normalized spacial score (nSPS) is 11.7.